The molecule has 2 heteroatoms. The lowest BCUT2D eigenvalue weighted by molar-refractivity contribution is 0.122. The number of ether oxygens (including phenoxy) is 1. The maximum absolute atomic E-state index is 5.63. The molecule has 0 amide bonds. The van der Waals surface area contributed by atoms with E-state index in [1.165, 1.54) is 23.1 Å². The van der Waals surface area contributed by atoms with E-state index in [2.05, 4.69) is 6.92 Å². The first-order chi connectivity index (χ1) is 6.36. The van der Waals surface area contributed by atoms with E-state index >= 15 is 0 Å². The number of furan rings is 1. The van der Waals surface area contributed by atoms with E-state index < -0.39 is 0 Å². The zero-order valence-electron chi connectivity index (χ0n) is 7.67. The Balaban J connectivity index is 2.22. The molecule has 0 saturated heterocycles. The van der Waals surface area contributed by atoms with E-state index in [4.69, 9.17) is 9.15 Å². The monoisotopic (exact) mass is 176 g/mol. The van der Waals surface area contributed by atoms with E-state index in [1.54, 1.807) is 0 Å². The SMILES string of the molecule is CC1=CO[C@@H]2CCCc3occ1c32. The molecule has 0 bridgehead atoms. The maximum atomic E-state index is 5.63. The lowest BCUT2D eigenvalue weighted by Crippen LogP contribution is -2.13. The highest BCUT2D eigenvalue weighted by Gasteiger charge is 2.30. The van der Waals surface area contributed by atoms with Gasteiger partial charge in [-0.25, -0.2) is 0 Å². The molecule has 0 spiro atoms. The predicted octanol–water partition coefficient (Wildman–Crippen LogP) is 3.05. The quantitative estimate of drug-likeness (QED) is 0.606. The topological polar surface area (TPSA) is 22.4 Å². The predicted molar refractivity (Wildman–Crippen MR) is 49.1 cm³/mol. The first kappa shape index (κ1) is 7.25. The van der Waals surface area contributed by atoms with Gasteiger partial charge in [-0.05, 0) is 25.3 Å². The molecule has 1 aliphatic heterocycles. The van der Waals surface area contributed by atoms with E-state index in [-0.39, 0.29) is 6.10 Å². The van der Waals surface area contributed by atoms with Crippen molar-refractivity contribution in [3.63, 3.8) is 0 Å². The molecule has 1 aromatic rings. The summed E-state index contributed by atoms with van der Waals surface area (Å²) in [6.07, 6.45) is 7.37. The molecule has 68 valence electrons. The molecule has 0 saturated carbocycles. The van der Waals surface area contributed by atoms with Crippen molar-refractivity contribution < 1.29 is 9.15 Å². The average Bonchev–Trinajstić information content (AvgIpc) is 2.57. The first-order valence-corrected chi connectivity index (χ1v) is 4.79. The summed E-state index contributed by atoms with van der Waals surface area (Å²) in [6.45, 7) is 2.07. The Kier molecular flexibility index (Phi) is 1.34. The summed E-state index contributed by atoms with van der Waals surface area (Å²) in [5, 5.41) is 0. The molecule has 1 aliphatic carbocycles. The maximum Gasteiger partial charge on any atom is 0.127 e. The van der Waals surface area contributed by atoms with Gasteiger partial charge in [0.2, 0.25) is 0 Å². The van der Waals surface area contributed by atoms with Gasteiger partial charge in [0.15, 0.2) is 0 Å². The third kappa shape index (κ3) is 0.886. The number of aryl methyl sites for hydroxylation is 1. The van der Waals surface area contributed by atoms with Crippen LogP contribution in [0.5, 0.6) is 0 Å². The van der Waals surface area contributed by atoms with Gasteiger partial charge in [0, 0.05) is 17.5 Å². The van der Waals surface area contributed by atoms with Gasteiger partial charge in [0.1, 0.15) is 11.9 Å². The Labute approximate surface area is 77.2 Å². The molecule has 0 radical (unpaired) electrons. The Bertz CT molecular complexity index is 373. The highest BCUT2D eigenvalue weighted by atomic mass is 16.5. The molecule has 3 rings (SSSR count). The van der Waals surface area contributed by atoms with Crippen LogP contribution in [0, 0.1) is 0 Å². The van der Waals surface area contributed by atoms with Crippen LogP contribution in [0.15, 0.2) is 16.9 Å². The lowest BCUT2D eigenvalue weighted by atomic mass is 9.89. The number of hydrogen-bond acceptors (Lipinski definition) is 2. The fourth-order valence-electron chi connectivity index (χ4n) is 2.24. The van der Waals surface area contributed by atoms with E-state index in [9.17, 15) is 0 Å². The summed E-state index contributed by atoms with van der Waals surface area (Å²) >= 11 is 0. The summed E-state index contributed by atoms with van der Waals surface area (Å²) in [6, 6.07) is 0. The molecular weight excluding hydrogens is 164 g/mol. The fraction of sp³-hybridized carbons (Fsp3) is 0.455. The zero-order valence-corrected chi connectivity index (χ0v) is 7.67. The Morgan fingerprint density at radius 2 is 2.38 bits per heavy atom. The normalized spacial score (nSPS) is 24.7. The number of hydrogen-bond donors (Lipinski definition) is 0. The lowest BCUT2D eigenvalue weighted by Gasteiger charge is -2.26. The van der Waals surface area contributed by atoms with Crippen molar-refractivity contribution >= 4 is 5.57 Å². The van der Waals surface area contributed by atoms with Crippen molar-refractivity contribution in [2.45, 2.75) is 32.3 Å². The van der Waals surface area contributed by atoms with Crippen LogP contribution < -0.4 is 0 Å². The number of rotatable bonds is 0. The standard InChI is InChI=1S/C11H12O2/c1-7-5-12-9-3-2-4-10-11(9)8(7)6-13-10/h5-6,9H,2-4H2,1H3/t9-/m1/s1. The van der Waals surface area contributed by atoms with Gasteiger partial charge in [-0.2, -0.15) is 0 Å². The highest BCUT2D eigenvalue weighted by molar-refractivity contribution is 5.67. The summed E-state index contributed by atoms with van der Waals surface area (Å²) in [7, 11) is 0. The van der Waals surface area contributed by atoms with Crippen molar-refractivity contribution in [1.29, 1.82) is 0 Å². The van der Waals surface area contributed by atoms with E-state index in [0.717, 1.165) is 18.6 Å². The van der Waals surface area contributed by atoms with E-state index in [0.29, 0.717) is 0 Å². The van der Waals surface area contributed by atoms with Crippen LogP contribution in [0.25, 0.3) is 5.57 Å². The second-order valence-electron chi connectivity index (χ2n) is 3.80. The molecule has 13 heavy (non-hydrogen) atoms. The van der Waals surface area contributed by atoms with Gasteiger partial charge < -0.3 is 9.15 Å². The minimum atomic E-state index is 0.265. The van der Waals surface area contributed by atoms with Gasteiger partial charge in [-0.3, -0.25) is 0 Å². The highest BCUT2D eigenvalue weighted by Crippen LogP contribution is 2.41. The Morgan fingerprint density at radius 1 is 1.46 bits per heavy atom. The van der Waals surface area contributed by atoms with Gasteiger partial charge in [-0.1, -0.05) is 0 Å². The van der Waals surface area contributed by atoms with Crippen LogP contribution in [0.4, 0.5) is 0 Å². The number of allylic oxidation sites excluding steroid dienone is 1. The zero-order chi connectivity index (χ0) is 8.84. The summed E-state index contributed by atoms with van der Waals surface area (Å²) < 4.78 is 11.2. The van der Waals surface area contributed by atoms with Crippen LogP contribution in [-0.4, -0.2) is 0 Å². The largest absolute Gasteiger partial charge is 0.493 e. The molecule has 2 heterocycles. The molecule has 0 N–H and O–H groups in total. The van der Waals surface area contributed by atoms with E-state index in [1.807, 2.05) is 12.5 Å². The van der Waals surface area contributed by atoms with Crippen molar-refractivity contribution in [3.05, 3.63) is 29.4 Å². The molecule has 2 aliphatic rings. The summed E-state index contributed by atoms with van der Waals surface area (Å²) in [4.78, 5) is 0. The van der Waals surface area contributed by atoms with Crippen LogP contribution >= 0.6 is 0 Å². The smallest absolute Gasteiger partial charge is 0.127 e. The third-order valence-corrected chi connectivity index (χ3v) is 2.94. The second kappa shape index (κ2) is 2.41. The van der Waals surface area contributed by atoms with Crippen molar-refractivity contribution in [2.75, 3.05) is 0 Å². The van der Waals surface area contributed by atoms with Gasteiger partial charge in [0.05, 0.1) is 12.5 Å². The van der Waals surface area contributed by atoms with Crippen molar-refractivity contribution in [3.8, 4) is 0 Å². The van der Waals surface area contributed by atoms with Crippen molar-refractivity contribution in [2.24, 2.45) is 0 Å². The molecule has 0 unspecified atom stereocenters. The van der Waals surface area contributed by atoms with Gasteiger partial charge >= 0.3 is 0 Å². The van der Waals surface area contributed by atoms with Crippen LogP contribution in [0.3, 0.4) is 0 Å². The minimum absolute atomic E-state index is 0.265. The molecular formula is C11H12O2. The first-order valence-electron chi connectivity index (χ1n) is 4.79. The fourth-order valence-corrected chi connectivity index (χ4v) is 2.24. The summed E-state index contributed by atoms with van der Waals surface area (Å²) in [5.41, 5.74) is 3.75. The molecule has 0 fully saturated rings. The minimum Gasteiger partial charge on any atom is -0.493 e. The average molecular weight is 176 g/mol. The molecule has 1 aromatic heterocycles. The van der Waals surface area contributed by atoms with Crippen LogP contribution in [0.1, 0.15) is 42.8 Å². The van der Waals surface area contributed by atoms with Crippen molar-refractivity contribution in [1.82, 2.24) is 0 Å². The van der Waals surface area contributed by atoms with Gasteiger partial charge in [-0.15, -0.1) is 0 Å². The molecule has 0 aromatic carbocycles. The molecule has 2 nitrogen and oxygen atoms in total. The van der Waals surface area contributed by atoms with Crippen LogP contribution in [0.2, 0.25) is 0 Å². The Hall–Kier alpha value is -1.18. The van der Waals surface area contributed by atoms with Gasteiger partial charge in [0.25, 0.3) is 0 Å². The Morgan fingerprint density at radius 3 is 3.31 bits per heavy atom. The third-order valence-electron chi connectivity index (χ3n) is 2.94. The van der Waals surface area contributed by atoms with Crippen LogP contribution in [-0.2, 0) is 11.2 Å². The summed E-state index contributed by atoms with van der Waals surface area (Å²) in [5.74, 6) is 1.14. The molecule has 1 atom stereocenters. The second-order valence-corrected chi connectivity index (χ2v) is 3.80.